The van der Waals surface area contributed by atoms with Crippen molar-refractivity contribution in [1.82, 2.24) is 0 Å². The summed E-state index contributed by atoms with van der Waals surface area (Å²) in [7, 11) is 0. The second kappa shape index (κ2) is 6.00. The molecule has 0 fully saturated rings. The van der Waals surface area contributed by atoms with E-state index in [9.17, 15) is 4.79 Å². The van der Waals surface area contributed by atoms with Gasteiger partial charge in [-0.2, -0.15) is 0 Å². The number of allylic oxidation sites excluding steroid dienone is 2. The van der Waals surface area contributed by atoms with Crippen LogP contribution in [-0.2, 0) is 9.53 Å². The second-order valence-electron chi connectivity index (χ2n) is 4.32. The lowest BCUT2D eigenvalue weighted by Crippen LogP contribution is -2.36. The minimum atomic E-state index is -1.17. The molecular weight excluding hydrogens is 260 g/mol. The number of hydrogen-bond acceptors (Lipinski definition) is 2. The van der Waals surface area contributed by atoms with Gasteiger partial charge in [-0.1, -0.05) is 48.6 Å². The normalized spacial score (nSPS) is 25.2. The highest BCUT2D eigenvalue weighted by atomic mass is 35.5. The molecule has 0 spiro atoms. The average Bonchev–Trinajstić information content (AvgIpc) is 2.46. The van der Waals surface area contributed by atoms with Crippen LogP contribution in [0.25, 0.3) is 0 Å². The van der Waals surface area contributed by atoms with E-state index in [2.05, 4.69) is 6.58 Å². The first-order valence-corrected chi connectivity index (χ1v) is 6.44. The van der Waals surface area contributed by atoms with E-state index in [0.717, 1.165) is 5.56 Å². The van der Waals surface area contributed by atoms with Crippen LogP contribution in [0.15, 0.2) is 67.3 Å². The summed E-state index contributed by atoms with van der Waals surface area (Å²) >= 11 is 5.64. The first kappa shape index (κ1) is 13.8. The summed E-state index contributed by atoms with van der Waals surface area (Å²) in [6.07, 6.45) is 8.87. The zero-order valence-corrected chi connectivity index (χ0v) is 11.2. The molecule has 1 aromatic rings. The fourth-order valence-electron chi connectivity index (χ4n) is 1.99. The van der Waals surface area contributed by atoms with Crippen LogP contribution >= 0.6 is 11.6 Å². The maximum Gasteiger partial charge on any atom is 0.261 e. The molecule has 0 saturated heterocycles. The van der Waals surface area contributed by atoms with E-state index >= 15 is 0 Å². The Balaban J connectivity index is 2.20. The molecule has 1 aliphatic carbocycles. The van der Waals surface area contributed by atoms with E-state index < -0.39 is 10.8 Å². The van der Waals surface area contributed by atoms with Crippen molar-refractivity contribution in [3.8, 4) is 0 Å². The molecule has 0 heterocycles. The van der Waals surface area contributed by atoms with Gasteiger partial charge in [0.05, 0.1) is 6.61 Å². The monoisotopic (exact) mass is 274 g/mol. The van der Waals surface area contributed by atoms with Crippen LogP contribution in [-0.4, -0.2) is 17.5 Å². The smallest absolute Gasteiger partial charge is 0.261 e. The van der Waals surface area contributed by atoms with Crippen molar-refractivity contribution in [2.45, 2.75) is 11.5 Å². The van der Waals surface area contributed by atoms with E-state index in [1.807, 2.05) is 42.5 Å². The van der Waals surface area contributed by atoms with Crippen molar-refractivity contribution in [3.05, 3.63) is 72.9 Å². The summed E-state index contributed by atoms with van der Waals surface area (Å²) in [4.78, 5) is 11.6. The first-order valence-electron chi connectivity index (χ1n) is 6.06. The second-order valence-corrected chi connectivity index (χ2v) is 4.66. The molecule has 1 aliphatic rings. The zero-order chi connectivity index (χ0) is 13.7. The average molecular weight is 275 g/mol. The van der Waals surface area contributed by atoms with Gasteiger partial charge in [0, 0.05) is 5.92 Å². The molecule has 0 atom stereocenters. The van der Waals surface area contributed by atoms with E-state index in [-0.39, 0.29) is 12.5 Å². The molecule has 1 aromatic carbocycles. The molecule has 98 valence electrons. The molecule has 2 nitrogen and oxygen atoms in total. The Kier molecular flexibility index (Phi) is 4.35. The van der Waals surface area contributed by atoms with E-state index in [0.29, 0.717) is 0 Å². The van der Waals surface area contributed by atoms with Crippen LogP contribution in [0.2, 0.25) is 0 Å². The minimum Gasteiger partial charge on any atom is -0.354 e. The molecule has 0 amide bonds. The highest BCUT2D eigenvalue weighted by Crippen LogP contribution is 2.30. The minimum absolute atomic E-state index is 0.137. The van der Waals surface area contributed by atoms with Crippen molar-refractivity contribution in [3.63, 3.8) is 0 Å². The van der Waals surface area contributed by atoms with Crippen molar-refractivity contribution >= 4 is 16.8 Å². The van der Waals surface area contributed by atoms with Gasteiger partial charge in [0.25, 0.3) is 5.24 Å². The molecule has 0 unspecified atom stereocenters. The molecular formula is C16H15ClO2. The number of rotatable bonds is 5. The van der Waals surface area contributed by atoms with Crippen molar-refractivity contribution < 1.29 is 9.53 Å². The number of ether oxygens (including phenoxy) is 1. The van der Waals surface area contributed by atoms with Gasteiger partial charge >= 0.3 is 0 Å². The number of carbonyl (C=O) groups is 1. The topological polar surface area (TPSA) is 26.3 Å². The summed E-state index contributed by atoms with van der Waals surface area (Å²) in [5, 5.41) is -0.548. The Bertz CT molecular complexity index is 503. The quantitative estimate of drug-likeness (QED) is 0.606. The highest BCUT2D eigenvalue weighted by molar-refractivity contribution is 6.66. The first-order chi connectivity index (χ1) is 9.18. The lowest BCUT2D eigenvalue weighted by molar-refractivity contribution is -0.124. The summed E-state index contributed by atoms with van der Waals surface area (Å²) < 4.78 is 5.49. The van der Waals surface area contributed by atoms with Gasteiger partial charge in [-0.3, -0.25) is 4.79 Å². The van der Waals surface area contributed by atoms with Crippen LogP contribution < -0.4 is 0 Å². The Labute approximate surface area is 118 Å². The van der Waals surface area contributed by atoms with Crippen LogP contribution in [0.4, 0.5) is 0 Å². The third-order valence-corrected chi connectivity index (χ3v) is 3.33. The van der Waals surface area contributed by atoms with E-state index in [1.54, 1.807) is 18.2 Å². The summed E-state index contributed by atoms with van der Waals surface area (Å²) in [5.74, 6) is 0.137. The molecule has 2 rings (SSSR count). The van der Waals surface area contributed by atoms with Gasteiger partial charge in [-0.25, -0.2) is 0 Å². The number of halogens is 1. The number of hydrogen-bond donors (Lipinski definition) is 0. The Morgan fingerprint density at radius 1 is 1.32 bits per heavy atom. The van der Waals surface area contributed by atoms with Gasteiger partial charge in [-0.15, -0.1) is 6.58 Å². The van der Waals surface area contributed by atoms with Crippen LogP contribution in [0.5, 0.6) is 0 Å². The standard InChI is InChI=1S/C16H15ClO2/c1-2-12-19-16(15(17)18)10-8-14(9-11-16)13-6-4-3-5-7-13/h2-11,14H,1,12H2. The Hall–Kier alpha value is -1.64. The summed E-state index contributed by atoms with van der Waals surface area (Å²) in [6, 6.07) is 10.0. The molecule has 0 saturated carbocycles. The number of benzene rings is 1. The van der Waals surface area contributed by atoms with Gasteiger partial charge in [0.15, 0.2) is 5.60 Å². The lowest BCUT2D eigenvalue weighted by atomic mass is 9.89. The largest absolute Gasteiger partial charge is 0.354 e. The number of carbonyl (C=O) groups excluding carboxylic acids is 1. The third kappa shape index (κ3) is 3.03. The predicted molar refractivity (Wildman–Crippen MR) is 77.2 cm³/mol. The van der Waals surface area contributed by atoms with Gasteiger partial charge in [-0.05, 0) is 29.3 Å². The maximum absolute atomic E-state index is 11.6. The highest BCUT2D eigenvalue weighted by Gasteiger charge is 2.34. The van der Waals surface area contributed by atoms with E-state index in [4.69, 9.17) is 16.3 Å². The van der Waals surface area contributed by atoms with Gasteiger partial charge in [0.1, 0.15) is 0 Å². The van der Waals surface area contributed by atoms with Crippen molar-refractivity contribution in [2.24, 2.45) is 0 Å². The predicted octanol–water partition coefficient (Wildman–Crippen LogP) is 3.60. The zero-order valence-electron chi connectivity index (χ0n) is 10.5. The Morgan fingerprint density at radius 3 is 2.47 bits per heavy atom. The molecule has 0 aromatic heterocycles. The van der Waals surface area contributed by atoms with Crippen LogP contribution in [0.1, 0.15) is 11.5 Å². The molecule has 0 N–H and O–H groups in total. The summed E-state index contributed by atoms with van der Waals surface area (Å²) in [5.41, 5.74) is -0.00422. The third-order valence-electron chi connectivity index (χ3n) is 3.03. The molecule has 0 bridgehead atoms. The van der Waals surface area contributed by atoms with Crippen LogP contribution in [0.3, 0.4) is 0 Å². The molecule has 0 radical (unpaired) electrons. The Morgan fingerprint density at radius 2 is 1.95 bits per heavy atom. The maximum atomic E-state index is 11.6. The SMILES string of the molecule is C=CCOC1(C(=O)Cl)C=CC(c2ccccc2)C=C1. The summed E-state index contributed by atoms with van der Waals surface area (Å²) in [6.45, 7) is 3.84. The molecule has 19 heavy (non-hydrogen) atoms. The fourth-order valence-corrected chi connectivity index (χ4v) is 2.17. The molecule has 3 heteroatoms. The lowest BCUT2D eigenvalue weighted by Gasteiger charge is -2.27. The van der Waals surface area contributed by atoms with Gasteiger partial charge in [0.2, 0.25) is 0 Å². The van der Waals surface area contributed by atoms with Crippen LogP contribution in [0, 0.1) is 0 Å². The van der Waals surface area contributed by atoms with Crippen molar-refractivity contribution in [1.29, 1.82) is 0 Å². The fraction of sp³-hybridized carbons (Fsp3) is 0.188. The van der Waals surface area contributed by atoms with E-state index in [1.165, 1.54) is 0 Å². The molecule has 0 aliphatic heterocycles. The van der Waals surface area contributed by atoms with Gasteiger partial charge < -0.3 is 4.74 Å². The van der Waals surface area contributed by atoms with Crippen molar-refractivity contribution in [2.75, 3.05) is 6.61 Å².